The maximum Gasteiger partial charge on any atom is 0.277 e. The van der Waals surface area contributed by atoms with Crippen molar-refractivity contribution < 1.29 is 9.53 Å². The molecule has 3 aromatic rings. The van der Waals surface area contributed by atoms with Crippen molar-refractivity contribution >= 4 is 39.8 Å². The number of benzene rings is 1. The first-order valence-corrected chi connectivity index (χ1v) is 9.65. The normalized spacial score (nSPS) is 14.2. The number of hydrogen-bond donors (Lipinski definition) is 1. The maximum absolute atomic E-state index is 12.4. The van der Waals surface area contributed by atoms with Crippen molar-refractivity contribution in [3.63, 3.8) is 0 Å². The molecule has 0 radical (unpaired) electrons. The first kappa shape index (κ1) is 17.8. The number of ether oxygens (including phenoxy) is 1. The van der Waals surface area contributed by atoms with E-state index in [4.69, 9.17) is 16.3 Å². The van der Waals surface area contributed by atoms with E-state index in [1.807, 2.05) is 23.6 Å². The fourth-order valence-electron chi connectivity index (χ4n) is 2.69. The van der Waals surface area contributed by atoms with Gasteiger partial charge in [0.2, 0.25) is 0 Å². The fourth-order valence-corrected chi connectivity index (χ4v) is 3.63. The van der Waals surface area contributed by atoms with Crippen molar-refractivity contribution in [2.75, 3.05) is 36.5 Å². The van der Waals surface area contributed by atoms with E-state index < -0.39 is 0 Å². The van der Waals surface area contributed by atoms with Crippen molar-refractivity contribution in [3.05, 3.63) is 52.5 Å². The zero-order chi connectivity index (χ0) is 18.6. The minimum atomic E-state index is -0.351. The molecule has 1 aliphatic heterocycles. The van der Waals surface area contributed by atoms with E-state index in [0.717, 1.165) is 30.2 Å². The summed E-state index contributed by atoms with van der Waals surface area (Å²) in [5.74, 6) is 0.390. The Bertz CT molecular complexity index is 941. The van der Waals surface area contributed by atoms with Crippen LogP contribution in [0.2, 0.25) is 5.02 Å². The monoisotopic (exact) mass is 401 g/mol. The summed E-state index contributed by atoms with van der Waals surface area (Å²) < 4.78 is 5.32. The van der Waals surface area contributed by atoms with Crippen LogP contribution in [0, 0.1) is 0 Å². The molecule has 1 aliphatic rings. The van der Waals surface area contributed by atoms with Gasteiger partial charge in [0, 0.05) is 29.1 Å². The second-order valence-electron chi connectivity index (χ2n) is 5.85. The number of aromatic nitrogens is 3. The second-order valence-corrected chi connectivity index (χ2v) is 7.11. The van der Waals surface area contributed by atoms with Gasteiger partial charge in [-0.15, -0.1) is 21.5 Å². The highest BCUT2D eigenvalue weighted by molar-refractivity contribution is 7.14. The van der Waals surface area contributed by atoms with Crippen LogP contribution in [0.15, 0.2) is 41.8 Å². The predicted octanol–water partition coefficient (Wildman–Crippen LogP) is 3.34. The Hall–Kier alpha value is -2.55. The number of nitrogens with zero attached hydrogens (tertiary/aromatic N) is 4. The molecular weight excluding hydrogens is 386 g/mol. The van der Waals surface area contributed by atoms with Gasteiger partial charge in [-0.3, -0.25) is 10.1 Å². The Morgan fingerprint density at radius 1 is 1.15 bits per heavy atom. The minimum Gasteiger partial charge on any atom is -0.378 e. The third-order valence-corrected chi connectivity index (χ3v) is 5.18. The zero-order valence-electron chi connectivity index (χ0n) is 14.3. The number of amides is 1. The van der Waals surface area contributed by atoms with Crippen LogP contribution in [0.3, 0.4) is 0 Å². The lowest BCUT2D eigenvalue weighted by atomic mass is 10.2. The van der Waals surface area contributed by atoms with Crippen LogP contribution in [0.4, 0.5) is 10.9 Å². The van der Waals surface area contributed by atoms with Gasteiger partial charge < -0.3 is 9.64 Å². The number of carbonyl (C=O) groups is 1. The summed E-state index contributed by atoms with van der Waals surface area (Å²) in [6, 6.07) is 10.9. The summed E-state index contributed by atoms with van der Waals surface area (Å²) in [5.41, 5.74) is 1.78. The van der Waals surface area contributed by atoms with Crippen molar-refractivity contribution in [1.82, 2.24) is 15.2 Å². The second kappa shape index (κ2) is 7.99. The molecule has 2 aromatic heterocycles. The molecule has 3 heterocycles. The fraction of sp³-hybridized carbons (Fsp3) is 0.222. The lowest BCUT2D eigenvalue weighted by Crippen LogP contribution is -2.37. The third kappa shape index (κ3) is 4.08. The highest BCUT2D eigenvalue weighted by Crippen LogP contribution is 2.30. The van der Waals surface area contributed by atoms with Gasteiger partial charge >= 0.3 is 0 Å². The van der Waals surface area contributed by atoms with E-state index in [9.17, 15) is 4.79 Å². The van der Waals surface area contributed by atoms with Crippen LogP contribution in [-0.2, 0) is 4.74 Å². The molecule has 0 saturated carbocycles. The zero-order valence-corrected chi connectivity index (χ0v) is 15.8. The van der Waals surface area contributed by atoms with Gasteiger partial charge in [-0.1, -0.05) is 29.8 Å². The average molecular weight is 402 g/mol. The van der Waals surface area contributed by atoms with Crippen molar-refractivity contribution in [2.24, 2.45) is 0 Å². The summed E-state index contributed by atoms with van der Waals surface area (Å²) in [4.78, 5) is 18.9. The van der Waals surface area contributed by atoms with E-state index in [1.165, 1.54) is 11.3 Å². The molecule has 1 N–H and O–H groups in total. The molecule has 138 valence electrons. The first-order chi connectivity index (χ1) is 13.2. The van der Waals surface area contributed by atoms with E-state index in [2.05, 4.69) is 25.4 Å². The molecule has 27 heavy (non-hydrogen) atoms. The topological polar surface area (TPSA) is 80.2 Å². The van der Waals surface area contributed by atoms with E-state index >= 15 is 0 Å². The van der Waals surface area contributed by atoms with Crippen LogP contribution in [0.25, 0.3) is 11.3 Å². The SMILES string of the molecule is O=C(Nc1nc(-c2ccccc2Cl)cs1)c1ccc(N2CCOCC2)nn1. The number of nitrogens with one attached hydrogen (secondary N) is 1. The van der Waals surface area contributed by atoms with Crippen LogP contribution in [-0.4, -0.2) is 47.4 Å². The van der Waals surface area contributed by atoms with Gasteiger partial charge in [-0.25, -0.2) is 4.98 Å². The highest BCUT2D eigenvalue weighted by Gasteiger charge is 2.16. The maximum atomic E-state index is 12.4. The highest BCUT2D eigenvalue weighted by atomic mass is 35.5. The van der Waals surface area contributed by atoms with Crippen LogP contribution >= 0.6 is 22.9 Å². The van der Waals surface area contributed by atoms with Crippen LogP contribution in [0.1, 0.15) is 10.5 Å². The van der Waals surface area contributed by atoms with Gasteiger partial charge in [0.25, 0.3) is 5.91 Å². The summed E-state index contributed by atoms with van der Waals surface area (Å²) in [6.45, 7) is 2.87. The Morgan fingerprint density at radius 2 is 1.96 bits per heavy atom. The molecule has 0 aliphatic carbocycles. The largest absolute Gasteiger partial charge is 0.378 e. The molecule has 0 bridgehead atoms. The van der Waals surface area contributed by atoms with Gasteiger partial charge in [-0.05, 0) is 18.2 Å². The summed E-state index contributed by atoms with van der Waals surface area (Å²) in [5, 5.41) is 13.9. The quantitative estimate of drug-likeness (QED) is 0.722. The van der Waals surface area contributed by atoms with Gasteiger partial charge in [0.05, 0.1) is 18.9 Å². The average Bonchev–Trinajstić information content (AvgIpc) is 3.17. The molecule has 1 fully saturated rings. The predicted molar refractivity (Wildman–Crippen MR) is 106 cm³/mol. The lowest BCUT2D eigenvalue weighted by Gasteiger charge is -2.27. The Kier molecular flexibility index (Phi) is 5.28. The molecule has 9 heteroatoms. The van der Waals surface area contributed by atoms with Gasteiger partial charge in [-0.2, -0.15) is 0 Å². The number of hydrogen-bond acceptors (Lipinski definition) is 7. The minimum absolute atomic E-state index is 0.238. The molecule has 0 spiro atoms. The standard InChI is InChI=1S/C18H16ClN5O2S/c19-13-4-2-1-3-12(13)15-11-27-18(20-15)21-17(25)14-5-6-16(23-22-14)24-7-9-26-10-8-24/h1-6,11H,7-10H2,(H,20,21,25). The number of morpholine rings is 1. The smallest absolute Gasteiger partial charge is 0.277 e. The number of rotatable bonds is 4. The molecule has 1 amide bonds. The Labute approximate surface area is 165 Å². The lowest BCUT2D eigenvalue weighted by molar-refractivity contribution is 0.102. The van der Waals surface area contributed by atoms with Crippen molar-refractivity contribution in [2.45, 2.75) is 0 Å². The van der Waals surface area contributed by atoms with E-state index in [0.29, 0.717) is 23.4 Å². The number of halogens is 1. The molecule has 4 rings (SSSR count). The molecule has 0 unspecified atom stereocenters. The molecular formula is C18H16ClN5O2S. The summed E-state index contributed by atoms with van der Waals surface area (Å²) >= 11 is 7.53. The first-order valence-electron chi connectivity index (χ1n) is 8.39. The number of anilines is 2. The van der Waals surface area contributed by atoms with Gasteiger partial charge in [0.15, 0.2) is 16.6 Å². The van der Waals surface area contributed by atoms with Crippen LogP contribution in [0.5, 0.6) is 0 Å². The molecule has 7 nitrogen and oxygen atoms in total. The summed E-state index contributed by atoms with van der Waals surface area (Å²) in [7, 11) is 0. The number of carbonyl (C=O) groups excluding carboxylic acids is 1. The van der Waals surface area contributed by atoms with Crippen molar-refractivity contribution in [3.8, 4) is 11.3 Å². The molecule has 0 atom stereocenters. The van der Waals surface area contributed by atoms with Gasteiger partial charge in [0.1, 0.15) is 0 Å². The van der Waals surface area contributed by atoms with Crippen molar-refractivity contribution in [1.29, 1.82) is 0 Å². The van der Waals surface area contributed by atoms with E-state index in [1.54, 1.807) is 18.2 Å². The van der Waals surface area contributed by atoms with Crippen LogP contribution < -0.4 is 10.2 Å². The molecule has 1 aromatic carbocycles. The molecule has 1 saturated heterocycles. The Balaban J connectivity index is 1.44. The van der Waals surface area contributed by atoms with E-state index in [-0.39, 0.29) is 11.6 Å². The summed E-state index contributed by atoms with van der Waals surface area (Å²) in [6.07, 6.45) is 0. The third-order valence-electron chi connectivity index (χ3n) is 4.09. The number of thiazole rings is 1. The Morgan fingerprint density at radius 3 is 2.70 bits per heavy atom.